The van der Waals surface area contributed by atoms with Crippen molar-refractivity contribution >= 4 is 50.5 Å². The van der Waals surface area contributed by atoms with Gasteiger partial charge in [0.05, 0.1) is 10.6 Å². The van der Waals surface area contributed by atoms with Crippen LogP contribution in [0.1, 0.15) is 17.4 Å². The van der Waals surface area contributed by atoms with Gasteiger partial charge >= 0.3 is 0 Å². The zero-order valence-corrected chi connectivity index (χ0v) is 13.8. The van der Waals surface area contributed by atoms with Crippen LogP contribution in [0.3, 0.4) is 0 Å². The quantitative estimate of drug-likeness (QED) is 0.702. The standard InChI is InChI=1S/C13H10BrCl2FOS/c1-13(18,5-8-2-7(14)6-19-8)9-3-12(17)11(16)4-10(9)15/h2-4,6,18H,5H2,1H3. The van der Waals surface area contributed by atoms with Gasteiger partial charge in [-0.1, -0.05) is 23.2 Å². The van der Waals surface area contributed by atoms with E-state index >= 15 is 0 Å². The molecule has 0 aliphatic carbocycles. The molecule has 0 fully saturated rings. The molecule has 6 heteroatoms. The third-order valence-corrected chi connectivity index (χ3v) is 5.03. The van der Waals surface area contributed by atoms with Gasteiger partial charge in [0, 0.05) is 31.7 Å². The zero-order chi connectivity index (χ0) is 14.2. The summed E-state index contributed by atoms with van der Waals surface area (Å²) in [4.78, 5) is 0.975. The summed E-state index contributed by atoms with van der Waals surface area (Å²) in [5.74, 6) is -0.589. The van der Waals surface area contributed by atoms with Crippen LogP contribution in [0, 0.1) is 5.82 Å². The van der Waals surface area contributed by atoms with Crippen molar-refractivity contribution < 1.29 is 9.50 Å². The summed E-state index contributed by atoms with van der Waals surface area (Å²) in [6, 6.07) is 4.42. The molecule has 102 valence electrons. The van der Waals surface area contributed by atoms with E-state index in [1.165, 1.54) is 23.5 Å². The number of hydrogen-bond donors (Lipinski definition) is 1. The Morgan fingerprint density at radius 2 is 2.00 bits per heavy atom. The average molecular weight is 384 g/mol. The minimum Gasteiger partial charge on any atom is -0.385 e. The second-order valence-corrected chi connectivity index (χ2v) is 7.15. The van der Waals surface area contributed by atoms with Crippen LogP contribution in [0.5, 0.6) is 0 Å². The van der Waals surface area contributed by atoms with Gasteiger partial charge in [-0.2, -0.15) is 0 Å². The number of rotatable bonds is 3. The highest BCUT2D eigenvalue weighted by molar-refractivity contribution is 9.10. The molecule has 0 amide bonds. The van der Waals surface area contributed by atoms with Gasteiger partial charge in [0.2, 0.25) is 0 Å². The molecular weight excluding hydrogens is 374 g/mol. The van der Waals surface area contributed by atoms with Crippen molar-refractivity contribution in [1.82, 2.24) is 0 Å². The van der Waals surface area contributed by atoms with Gasteiger partial charge in [-0.05, 0) is 41.1 Å². The Kier molecular flexibility index (Phi) is 4.58. The fourth-order valence-electron chi connectivity index (χ4n) is 1.82. The first kappa shape index (κ1) is 15.3. The molecule has 0 saturated heterocycles. The van der Waals surface area contributed by atoms with Crippen molar-refractivity contribution in [1.29, 1.82) is 0 Å². The Morgan fingerprint density at radius 3 is 2.58 bits per heavy atom. The SMILES string of the molecule is CC(O)(Cc1cc(Br)cs1)c1cc(F)c(Cl)cc1Cl. The van der Waals surface area contributed by atoms with Crippen molar-refractivity contribution in [3.63, 3.8) is 0 Å². The summed E-state index contributed by atoms with van der Waals surface area (Å²) in [5, 5.41) is 12.7. The van der Waals surface area contributed by atoms with Crippen LogP contribution in [0.15, 0.2) is 28.1 Å². The second-order valence-electron chi connectivity index (χ2n) is 4.43. The molecule has 19 heavy (non-hydrogen) atoms. The first-order chi connectivity index (χ1) is 8.79. The van der Waals surface area contributed by atoms with Crippen LogP contribution in [0.25, 0.3) is 0 Å². The molecule has 1 unspecified atom stereocenters. The molecule has 0 aliphatic heterocycles. The number of hydrogen-bond acceptors (Lipinski definition) is 2. The molecule has 2 aromatic rings. The maximum atomic E-state index is 13.5. The summed E-state index contributed by atoms with van der Waals surface area (Å²) < 4.78 is 14.5. The smallest absolute Gasteiger partial charge is 0.142 e. The number of thiophene rings is 1. The maximum absolute atomic E-state index is 13.5. The minimum atomic E-state index is -1.26. The summed E-state index contributed by atoms with van der Waals surface area (Å²) >= 11 is 16.6. The van der Waals surface area contributed by atoms with Crippen molar-refractivity contribution in [3.8, 4) is 0 Å². The minimum absolute atomic E-state index is 0.0524. The normalized spacial score (nSPS) is 14.4. The molecule has 0 bridgehead atoms. The zero-order valence-electron chi connectivity index (χ0n) is 9.88. The highest BCUT2D eigenvalue weighted by Crippen LogP contribution is 2.35. The van der Waals surface area contributed by atoms with Crippen LogP contribution in [-0.2, 0) is 12.0 Å². The van der Waals surface area contributed by atoms with Crippen LogP contribution in [-0.4, -0.2) is 5.11 Å². The van der Waals surface area contributed by atoms with Crippen LogP contribution in [0.4, 0.5) is 4.39 Å². The highest BCUT2D eigenvalue weighted by Gasteiger charge is 2.28. The molecule has 1 nitrogen and oxygen atoms in total. The third kappa shape index (κ3) is 3.50. The summed E-state index contributed by atoms with van der Waals surface area (Å²) in [7, 11) is 0. The van der Waals surface area contributed by atoms with Gasteiger partial charge in [-0.15, -0.1) is 11.3 Å². The summed E-state index contributed by atoms with van der Waals surface area (Å²) in [6.07, 6.45) is 0.351. The van der Waals surface area contributed by atoms with Gasteiger partial charge in [0.1, 0.15) is 5.82 Å². The number of halogens is 4. The van der Waals surface area contributed by atoms with E-state index in [2.05, 4.69) is 15.9 Å². The maximum Gasteiger partial charge on any atom is 0.142 e. The van der Waals surface area contributed by atoms with Crippen LogP contribution >= 0.6 is 50.5 Å². The predicted molar refractivity (Wildman–Crippen MR) is 81.7 cm³/mol. The highest BCUT2D eigenvalue weighted by atomic mass is 79.9. The van der Waals surface area contributed by atoms with E-state index in [9.17, 15) is 9.50 Å². The Hall–Kier alpha value is -0.130. The second kappa shape index (κ2) is 5.70. The van der Waals surface area contributed by atoms with E-state index in [1.807, 2.05) is 11.4 Å². The predicted octanol–water partition coefficient (Wildman–Crippen LogP) is 5.41. The Morgan fingerprint density at radius 1 is 1.32 bits per heavy atom. The molecule has 0 saturated carbocycles. The van der Waals surface area contributed by atoms with E-state index in [0.29, 0.717) is 12.0 Å². The Bertz CT molecular complexity index is 613. The first-order valence-electron chi connectivity index (χ1n) is 5.40. The largest absolute Gasteiger partial charge is 0.385 e. The lowest BCUT2D eigenvalue weighted by molar-refractivity contribution is 0.0582. The van der Waals surface area contributed by atoms with E-state index in [-0.39, 0.29) is 10.0 Å². The average Bonchev–Trinajstić information content (AvgIpc) is 2.68. The topological polar surface area (TPSA) is 20.2 Å². The van der Waals surface area contributed by atoms with Gasteiger partial charge < -0.3 is 5.11 Å². The monoisotopic (exact) mass is 382 g/mol. The van der Waals surface area contributed by atoms with Gasteiger partial charge in [0.15, 0.2) is 0 Å². The number of benzene rings is 1. The number of aliphatic hydroxyl groups is 1. The van der Waals surface area contributed by atoms with Gasteiger partial charge in [-0.25, -0.2) is 4.39 Å². The Balaban J connectivity index is 2.36. The van der Waals surface area contributed by atoms with E-state index < -0.39 is 11.4 Å². The van der Waals surface area contributed by atoms with Crippen molar-refractivity contribution in [2.45, 2.75) is 18.9 Å². The summed E-state index contributed by atoms with van der Waals surface area (Å²) in [5.41, 5.74) is -0.923. The van der Waals surface area contributed by atoms with Gasteiger partial charge in [0.25, 0.3) is 0 Å². The van der Waals surface area contributed by atoms with Crippen molar-refractivity contribution in [2.24, 2.45) is 0 Å². The molecule has 1 N–H and O–H groups in total. The fraction of sp³-hybridized carbons (Fsp3) is 0.231. The molecule has 0 aliphatic rings. The molecule has 1 aromatic heterocycles. The lowest BCUT2D eigenvalue weighted by Gasteiger charge is -2.24. The third-order valence-electron chi connectivity index (χ3n) is 2.73. The molecule has 0 spiro atoms. The van der Waals surface area contributed by atoms with E-state index in [0.717, 1.165) is 9.35 Å². The first-order valence-corrected chi connectivity index (χ1v) is 7.83. The van der Waals surface area contributed by atoms with Crippen LogP contribution in [0.2, 0.25) is 10.0 Å². The van der Waals surface area contributed by atoms with E-state index in [4.69, 9.17) is 23.2 Å². The lowest BCUT2D eigenvalue weighted by Crippen LogP contribution is -2.24. The van der Waals surface area contributed by atoms with Crippen molar-refractivity contribution in [2.75, 3.05) is 0 Å². The molecule has 0 radical (unpaired) electrons. The lowest BCUT2D eigenvalue weighted by atomic mass is 9.91. The Labute approximate surface area is 133 Å². The van der Waals surface area contributed by atoms with Gasteiger partial charge in [-0.3, -0.25) is 0 Å². The molecule has 1 atom stereocenters. The molecular formula is C13H10BrCl2FOS. The summed E-state index contributed by atoms with van der Waals surface area (Å²) in [6.45, 7) is 1.61. The fourth-order valence-corrected chi connectivity index (χ4v) is 4.00. The molecule has 1 aromatic carbocycles. The van der Waals surface area contributed by atoms with E-state index in [1.54, 1.807) is 6.92 Å². The van der Waals surface area contributed by atoms with Crippen LogP contribution < -0.4 is 0 Å². The molecule has 1 heterocycles. The van der Waals surface area contributed by atoms with Crippen molar-refractivity contribution in [3.05, 3.63) is 54.4 Å². The molecule has 2 rings (SSSR count).